The highest BCUT2D eigenvalue weighted by molar-refractivity contribution is 7.17. The number of carbonyl (C=O) groups excluding carboxylic acids is 1. The van der Waals surface area contributed by atoms with Crippen LogP contribution in [0.25, 0.3) is 0 Å². The van der Waals surface area contributed by atoms with E-state index < -0.39 is 5.66 Å². The van der Waals surface area contributed by atoms with Gasteiger partial charge in [-0.3, -0.25) is 9.69 Å². The summed E-state index contributed by atoms with van der Waals surface area (Å²) in [6.07, 6.45) is 4.18. The molecule has 1 unspecified atom stereocenters. The van der Waals surface area contributed by atoms with Crippen LogP contribution in [0.4, 0.5) is 8.78 Å². The molecule has 6 heteroatoms. The zero-order valence-corrected chi connectivity index (χ0v) is 13.5. The molecular formula is C15H17ClF2NOP. The van der Waals surface area contributed by atoms with Crippen molar-refractivity contribution < 1.29 is 13.6 Å². The molecule has 1 atom stereocenters. The van der Waals surface area contributed by atoms with Crippen molar-refractivity contribution in [1.29, 1.82) is 0 Å². The van der Waals surface area contributed by atoms with Crippen molar-refractivity contribution in [2.45, 2.75) is 31.5 Å². The van der Waals surface area contributed by atoms with E-state index in [1.165, 1.54) is 34.2 Å². The lowest BCUT2D eigenvalue weighted by Crippen LogP contribution is -2.23. The molecule has 0 N–H and O–H groups in total. The molecule has 1 saturated carbocycles. The summed E-state index contributed by atoms with van der Waals surface area (Å²) < 4.78 is 27.6. The third kappa shape index (κ3) is 3.13. The van der Waals surface area contributed by atoms with Gasteiger partial charge in [-0.05, 0) is 48.9 Å². The molecule has 1 aliphatic carbocycles. The summed E-state index contributed by atoms with van der Waals surface area (Å²) in [4.78, 5) is 13.1. The highest BCUT2D eigenvalue weighted by atomic mass is 35.5. The molecule has 0 amide bonds. The van der Waals surface area contributed by atoms with Crippen LogP contribution in [0.1, 0.15) is 40.7 Å². The Morgan fingerprint density at radius 2 is 2.10 bits per heavy atom. The van der Waals surface area contributed by atoms with Crippen molar-refractivity contribution in [1.82, 2.24) is 4.90 Å². The molecule has 2 aliphatic rings. The van der Waals surface area contributed by atoms with E-state index in [2.05, 4.69) is 4.90 Å². The number of hydrogen-bond acceptors (Lipinski definition) is 2. The second-order valence-corrected chi connectivity index (χ2v) is 7.36. The maximum absolute atomic E-state index is 13.8. The van der Waals surface area contributed by atoms with Crippen molar-refractivity contribution in [2.24, 2.45) is 5.41 Å². The molecule has 2 fully saturated rings. The first-order valence-electron chi connectivity index (χ1n) is 7.00. The summed E-state index contributed by atoms with van der Waals surface area (Å²) in [5.41, 5.74) is -2.20. The summed E-state index contributed by atoms with van der Waals surface area (Å²) in [7, 11) is 1.54. The Hall–Kier alpha value is -0.570. The largest absolute Gasteiger partial charge is 0.298 e. The van der Waals surface area contributed by atoms with Crippen LogP contribution in [0.15, 0.2) is 12.1 Å². The predicted molar refractivity (Wildman–Crippen MR) is 82.0 cm³/mol. The fourth-order valence-electron chi connectivity index (χ4n) is 3.15. The van der Waals surface area contributed by atoms with E-state index in [0.717, 1.165) is 19.5 Å². The number of alkyl halides is 2. The molecular weight excluding hydrogens is 315 g/mol. The topological polar surface area (TPSA) is 20.3 Å². The summed E-state index contributed by atoms with van der Waals surface area (Å²) in [6, 6.07) is 2.71. The highest BCUT2D eigenvalue weighted by Crippen LogP contribution is 2.53. The molecule has 114 valence electrons. The molecule has 2 nitrogen and oxygen atoms in total. The van der Waals surface area contributed by atoms with Gasteiger partial charge in [0, 0.05) is 29.2 Å². The van der Waals surface area contributed by atoms with Crippen LogP contribution >= 0.6 is 20.8 Å². The number of benzene rings is 1. The lowest BCUT2D eigenvalue weighted by atomic mass is 10.0. The third-order valence-electron chi connectivity index (χ3n) is 4.57. The Morgan fingerprint density at radius 1 is 1.38 bits per heavy atom. The molecule has 1 aliphatic heterocycles. The monoisotopic (exact) mass is 331 g/mol. The molecule has 0 aromatic heterocycles. The summed E-state index contributed by atoms with van der Waals surface area (Å²) >= 11 is 6.16. The van der Waals surface area contributed by atoms with Gasteiger partial charge in [-0.25, -0.2) is 0 Å². The average Bonchev–Trinajstić information content (AvgIpc) is 3.03. The predicted octanol–water partition coefficient (Wildman–Crippen LogP) is 4.06. The highest BCUT2D eigenvalue weighted by Gasteiger charge is 2.47. The summed E-state index contributed by atoms with van der Waals surface area (Å²) in [5.74, 6) is 0. The second-order valence-electron chi connectivity index (χ2n) is 6.23. The third-order valence-corrected chi connectivity index (χ3v) is 5.22. The molecule has 21 heavy (non-hydrogen) atoms. The Morgan fingerprint density at radius 3 is 2.62 bits per heavy atom. The van der Waals surface area contributed by atoms with Crippen molar-refractivity contribution in [2.75, 3.05) is 13.1 Å². The van der Waals surface area contributed by atoms with Gasteiger partial charge in [0.15, 0.2) is 0 Å². The van der Waals surface area contributed by atoms with Crippen LogP contribution in [0.2, 0.25) is 5.02 Å². The average molecular weight is 332 g/mol. The van der Waals surface area contributed by atoms with Crippen LogP contribution in [-0.2, 0) is 12.2 Å². The van der Waals surface area contributed by atoms with E-state index in [1.54, 1.807) is 0 Å². The van der Waals surface area contributed by atoms with Crippen LogP contribution in [-0.4, -0.2) is 24.3 Å². The SMILES string of the molecule is O=Cc1cc(Cl)c(CN2CCC3(CC3)C2)c(C(F)(F)P)c1. The quantitative estimate of drug-likeness (QED) is 0.612. The summed E-state index contributed by atoms with van der Waals surface area (Å²) in [6.45, 7) is 2.30. The zero-order valence-electron chi connectivity index (χ0n) is 11.5. The first-order chi connectivity index (χ1) is 9.83. The molecule has 1 saturated heterocycles. The van der Waals surface area contributed by atoms with E-state index in [-0.39, 0.29) is 16.1 Å². The van der Waals surface area contributed by atoms with Crippen molar-refractivity contribution in [3.05, 3.63) is 33.8 Å². The van der Waals surface area contributed by atoms with Crippen molar-refractivity contribution in [3.8, 4) is 0 Å². The lowest BCUT2D eigenvalue weighted by Gasteiger charge is -2.22. The van der Waals surface area contributed by atoms with Gasteiger partial charge < -0.3 is 0 Å². The zero-order chi connectivity index (χ0) is 15.3. The Kier molecular flexibility index (Phi) is 3.84. The van der Waals surface area contributed by atoms with Crippen LogP contribution in [0.3, 0.4) is 0 Å². The van der Waals surface area contributed by atoms with Gasteiger partial charge in [-0.15, -0.1) is 0 Å². The minimum atomic E-state index is -3.09. The number of hydrogen-bond donors (Lipinski definition) is 0. The fraction of sp³-hybridized carbons (Fsp3) is 0.533. The molecule has 1 spiro atoms. The van der Waals surface area contributed by atoms with Gasteiger partial charge in [0.25, 0.3) is 5.66 Å². The normalized spacial score (nSPS) is 21.0. The van der Waals surface area contributed by atoms with E-state index in [9.17, 15) is 13.6 Å². The van der Waals surface area contributed by atoms with Gasteiger partial charge in [0.1, 0.15) is 6.29 Å². The number of carbonyl (C=O) groups is 1. The van der Waals surface area contributed by atoms with E-state index in [1.807, 2.05) is 0 Å². The first-order valence-corrected chi connectivity index (χ1v) is 7.96. The van der Waals surface area contributed by atoms with E-state index >= 15 is 0 Å². The van der Waals surface area contributed by atoms with Gasteiger partial charge in [-0.1, -0.05) is 20.8 Å². The Balaban J connectivity index is 1.91. The van der Waals surface area contributed by atoms with Crippen LogP contribution in [0, 0.1) is 5.41 Å². The lowest BCUT2D eigenvalue weighted by molar-refractivity contribution is 0.101. The first kappa shape index (κ1) is 15.3. The fourth-order valence-corrected chi connectivity index (χ4v) is 3.70. The number of rotatable bonds is 4. The van der Waals surface area contributed by atoms with E-state index in [4.69, 9.17) is 11.6 Å². The molecule has 1 aromatic rings. The van der Waals surface area contributed by atoms with Gasteiger partial charge in [0.2, 0.25) is 0 Å². The smallest absolute Gasteiger partial charge is 0.284 e. The maximum atomic E-state index is 13.8. The molecule has 0 radical (unpaired) electrons. The van der Waals surface area contributed by atoms with E-state index in [0.29, 0.717) is 23.8 Å². The minimum absolute atomic E-state index is 0.168. The Bertz CT molecular complexity index is 584. The molecule has 1 heterocycles. The minimum Gasteiger partial charge on any atom is -0.298 e. The maximum Gasteiger partial charge on any atom is 0.284 e. The van der Waals surface area contributed by atoms with Crippen LogP contribution < -0.4 is 0 Å². The molecule has 0 bridgehead atoms. The van der Waals surface area contributed by atoms with Crippen LogP contribution in [0.5, 0.6) is 0 Å². The molecule has 1 aromatic carbocycles. The Labute approximate surface area is 130 Å². The van der Waals surface area contributed by atoms with Crippen molar-refractivity contribution >= 4 is 27.1 Å². The second kappa shape index (κ2) is 5.26. The number of aldehydes is 1. The van der Waals surface area contributed by atoms with Gasteiger partial charge in [0.05, 0.1) is 0 Å². The molecule has 3 rings (SSSR count). The number of halogens is 3. The van der Waals surface area contributed by atoms with Gasteiger partial charge in [-0.2, -0.15) is 8.78 Å². The number of nitrogens with zero attached hydrogens (tertiary/aromatic N) is 1. The summed E-state index contributed by atoms with van der Waals surface area (Å²) in [5, 5.41) is 0.244. The van der Waals surface area contributed by atoms with Crippen molar-refractivity contribution in [3.63, 3.8) is 0 Å². The standard InChI is InChI=1S/C15H17ClF2NOP/c16-13-6-10(8-20)5-12(15(17,18)21)11(13)7-19-4-3-14(9-19)1-2-14/h5-6,8H,1-4,7,9,21H2. The number of likely N-dealkylation sites (tertiary alicyclic amines) is 1. The van der Waals surface area contributed by atoms with Gasteiger partial charge >= 0.3 is 0 Å².